The van der Waals surface area contributed by atoms with Gasteiger partial charge in [-0.25, -0.2) is 4.39 Å². The van der Waals surface area contributed by atoms with E-state index in [1.54, 1.807) is 13.1 Å². The van der Waals surface area contributed by atoms with Crippen LogP contribution < -0.4 is 0 Å². The zero-order valence-electron chi connectivity index (χ0n) is 17.7. The standard InChI is InChI=1S/C24H28FNO4/c1-4-14(10-15-5-7-19(27)18(25)11-15)6-8-20-21-13(2)9-16-22(17(21)12-30-20)24(29)26(3)23(16)28/h5,7,10-11,16-17,20,22,27H,4,6,8-9,12H2,1-3H3/b14-10+/t16-,17+,20-,22-/m1/s1. The molecule has 2 heterocycles. The molecule has 0 saturated carbocycles. The van der Waals surface area contributed by atoms with Crippen LogP contribution in [0.1, 0.15) is 45.1 Å². The summed E-state index contributed by atoms with van der Waals surface area (Å²) in [5, 5.41) is 9.37. The Kier molecular flexibility index (Phi) is 5.53. The highest BCUT2D eigenvalue weighted by molar-refractivity contribution is 6.05. The van der Waals surface area contributed by atoms with Crippen molar-refractivity contribution in [1.82, 2.24) is 4.90 Å². The van der Waals surface area contributed by atoms with Gasteiger partial charge in [0.05, 0.1) is 24.5 Å². The molecule has 6 heteroatoms. The molecule has 5 nitrogen and oxygen atoms in total. The Morgan fingerprint density at radius 2 is 2.07 bits per heavy atom. The van der Waals surface area contributed by atoms with Gasteiger partial charge in [-0.1, -0.05) is 30.2 Å². The molecule has 0 unspecified atom stereocenters. The maximum absolute atomic E-state index is 13.6. The number of hydrogen-bond donors (Lipinski definition) is 1. The fourth-order valence-corrected chi connectivity index (χ4v) is 5.30. The van der Waals surface area contributed by atoms with E-state index in [1.165, 1.54) is 33.8 Å². The number of ether oxygens (including phenoxy) is 1. The summed E-state index contributed by atoms with van der Waals surface area (Å²) in [5.41, 5.74) is 4.29. The lowest BCUT2D eigenvalue weighted by atomic mass is 9.70. The zero-order valence-corrected chi connectivity index (χ0v) is 17.7. The van der Waals surface area contributed by atoms with Gasteiger partial charge in [-0.2, -0.15) is 0 Å². The van der Waals surface area contributed by atoms with E-state index in [0.717, 1.165) is 24.8 Å². The van der Waals surface area contributed by atoms with Crippen LogP contribution >= 0.6 is 0 Å². The van der Waals surface area contributed by atoms with Crippen molar-refractivity contribution in [3.63, 3.8) is 0 Å². The molecule has 2 saturated heterocycles. The minimum Gasteiger partial charge on any atom is -0.505 e. The molecule has 0 radical (unpaired) electrons. The molecule has 1 aromatic rings. The largest absolute Gasteiger partial charge is 0.505 e. The number of fused-ring (bicyclic) bond motifs is 3. The molecule has 2 amide bonds. The van der Waals surface area contributed by atoms with E-state index in [0.29, 0.717) is 13.0 Å². The van der Waals surface area contributed by atoms with Crippen LogP contribution in [-0.4, -0.2) is 41.6 Å². The predicted molar refractivity (Wildman–Crippen MR) is 111 cm³/mol. The molecular formula is C24H28FNO4. The average Bonchev–Trinajstić information content (AvgIpc) is 3.24. The Hall–Kier alpha value is -2.47. The molecular weight excluding hydrogens is 385 g/mol. The Balaban J connectivity index is 1.49. The second-order valence-corrected chi connectivity index (χ2v) is 8.64. The fraction of sp³-hybridized carbons (Fsp3) is 0.500. The van der Waals surface area contributed by atoms with Gasteiger partial charge >= 0.3 is 0 Å². The lowest BCUT2D eigenvalue weighted by Crippen LogP contribution is -2.33. The maximum atomic E-state index is 13.6. The number of carbonyl (C=O) groups excluding carboxylic acids is 2. The zero-order chi connectivity index (χ0) is 21.6. The number of imide groups is 1. The summed E-state index contributed by atoms with van der Waals surface area (Å²) in [6.07, 6.45) is 4.97. The quantitative estimate of drug-likeness (QED) is 0.584. The van der Waals surface area contributed by atoms with Crippen molar-refractivity contribution in [3.05, 3.63) is 46.3 Å². The minimum atomic E-state index is -0.626. The predicted octanol–water partition coefficient (Wildman–Crippen LogP) is 4.07. The first-order valence-electron chi connectivity index (χ1n) is 10.6. The molecule has 1 N–H and O–H groups in total. The van der Waals surface area contributed by atoms with Crippen LogP contribution in [0.5, 0.6) is 5.75 Å². The first-order chi connectivity index (χ1) is 14.3. The average molecular weight is 413 g/mol. The number of phenols is 1. The number of hydrogen-bond acceptors (Lipinski definition) is 4. The third-order valence-corrected chi connectivity index (χ3v) is 6.90. The van der Waals surface area contributed by atoms with Crippen LogP contribution in [0.15, 0.2) is 34.9 Å². The topological polar surface area (TPSA) is 66.8 Å². The van der Waals surface area contributed by atoms with Gasteiger partial charge in [-0.05, 0) is 55.9 Å². The number of aromatic hydroxyl groups is 1. The molecule has 2 fully saturated rings. The second kappa shape index (κ2) is 7.99. The number of benzene rings is 1. The van der Waals surface area contributed by atoms with Gasteiger partial charge in [0.25, 0.3) is 0 Å². The number of halogens is 1. The van der Waals surface area contributed by atoms with E-state index in [2.05, 4.69) is 13.8 Å². The second-order valence-electron chi connectivity index (χ2n) is 8.64. The highest BCUT2D eigenvalue weighted by atomic mass is 19.1. The number of phenolic OH excluding ortho intramolecular Hbond substituents is 1. The van der Waals surface area contributed by atoms with Gasteiger partial charge < -0.3 is 9.84 Å². The third-order valence-electron chi connectivity index (χ3n) is 6.90. The summed E-state index contributed by atoms with van der Waals surface area (Å²) in [6.45, 7) is 4.61. The summed E-state index contributed by atoms with van der Waals surface area (Å²) in [5.74, 6) is -1.65. The van der Waals surface area contributed by atoms with Crippen molar-refractivity contribution in [3.8, 4) is 5.75 Å². The van der Waals surface area contributed by atoms with Crippen molar-refractivity contribution in [2.75, 3.05) is 13.7 Å². The third kappa shape index (κ3) is 3.47. The molecule has 160 valence electrons. The number of amides is 2. The van der Waals surface area contributed by atoms with Crippen molar-refractivity contribution >= 4 is 17.9 Å². The van der Waals surface area contributed by atoms with Crippen LogP contribution in [0.4, 0.5) is 4.39 Å². The van der Waals surface area contributed by atoms with Gasteiger partial charge in [0, 0.05) is 13.0 Å². The van der Waals surface area contributed by atoms with Gasteiger partial charge in [-0.15, -0.1) is 0 Å². The molecule has 0 bridgehead atoms. The van der Waals surface area contributed by atoms with E-state index in [-0.39, 0.29) is 41.4 Å². The summed E-state index contributed by atoms with van der Waals surface area (Å²) < 4.78 is 19.7. The maximum Gasteiger partial charge on any atom is 0.233 e. The van der Waals surface area contributed by atoms with E-state index in [1.807, 2.05) is 6.08 Å². The van der Waals surface area contributed by atoms with Gasteiger partial charge in [-0.3, -0.25) is 14.5 Å². The van der Waals surface area contributed by atoms with Crippen LogP contribution in [0, 0.1) is 23.6 Å². The van der Waals surface area contributed by atoms with E-state index in [4.69, 9.17) is 4.74 Å². The monoisotopic (exact) mass is 413 g/mol. The summed E-state index contributed by atoms with van der Waals surface area (Å²) in [6, 6.07) is 4.40. The summed E-state index contributed by atoms with van der Waals surface area (Å²) >= 11 is 0. The lowest BCUT2D eigenvalue weighted by Gasteiger charge is -2.30. The number of nitrogens with zero attached hydrogens (tertiary/aromatic N) is 1. The van der Waals surface area contributed by atoms with Crippen LogP contribution in [-0.2, 0) is 14.3 Å². The van der Waals surface area contributed by atoms with Crippen LogP contribution in [0.2, 0.25) is 0 Å². The molecule has 0 spiro atoms. The fourth-order valence-electron chi connectivity index (χ4n) is 5.30. The van der Waals surface area contributed by atoms with Gasteiger partial charge in [0.2, 0.25) is 11.8 Å². The first-order valence-corrected chi connectivity index (χ1v) is 10.6. The molecule has 1 aliphatic carbocycles. The van der Waals surface area contributed by atoms with E-state index >= 15 is 0 Å². The lowest BCUT2D eigenvalue weighted by molar-refractivity contribution is -0.138. The number of carbonyl (C=O) groups is 2. The summed E-state index contributed by atoms with van der Waals surface area (Å²) in [7, 11) is 1.58. The number of rotatable bonds is 5. The van der Waals surface area contributed by atoms with Gasteiger partial charge in [0.15, 0.2) is 11.6 Å². The normalized spacial score (nSPS) is 28.9. The Morgan fingerprint density at radius 1 is 1.30 bits per heavy atom. The Morgan fingerprint density at radius 3 is 2.77 bits per heavy atom. The highest BCUT2D eigenvalue weighted by Crippen LogP contribution is 2.49. The summed E-state index contributed by atoms with van der Waals surface area (Å²) in [4.78, 5) is 26.4. The smallest absolute Gasteiger partial charge is 0.233 e. The van der Waals surface area contributed by atoms with Crippen LogP contribution in [0.3, 0.4) is 0 Å². The first kappa shape index (κ1) is 20.8. The molecule has 4 rings (SSSR count). The number of likely N-dealkylation sites (tertiary alicyclic amines) is 1. The molecule has 2 aliphatic heterocycles. The van der Waals surface area contributed by atoms with Crippen molar-refractivity contribution in [1.29, 1.82) is 0 Å². The van der Waals surface area contributed by atoms with Crippen molar-refractivity contribution in [2.45, 2.75) is 45.6 Å². The van der Waals surface area contributed by atoms with E-state index in [9.17, 15) is 19.1 Å². The van der Waals surface area contributed by atoms with Gasteiger partial charge in [0.1, 0.15) is 0 Å². The highest BCUT2D eigenvalue weighted by Gasteiger charge is 2.55. The molecule has 3 aliphatic rings. The number of allylic oxidation sites excluding steroid dienone is 2. The van der Waals surface area contributed by atoms with Crippen LogP contribution in [0.25, 0.3) is 6.08 Å². The molecule has 4 atom stereocenters. The Labute approximate surface area is 176 Å². The van der Waals surface area contributed by atoms with E-state index < -0.39 is 5.82 Å². The SMILES string of the molecule is CC/C(=C\c1ccc(O)c(F)c1)CC[C@H]1OC[C@H]2C1=C(C)C[C@H]1C(=O)N(C)C(=O)[C@H]12. The van der Waals surface area contributed by atoms with Crippen molar-refractivity contribution < 1.29 is 23.8 Å². The molecule has 30 heavy (non-hydrogen) atoms. The minimum absolute atomic E-state index is 0.00426. The molecule has 1 aromatic carbocycles. The molecule has 0 aromatic heterocycles. The Bertz CT molecular complexity index is 951. The van der Waals surface area contributed by atoms with Crippen molar-refractivity contribution in [2.24, 2.45) is 17.8 Å².